The van der Waals surface area contributed by atoms with E-state index in [9.17, 15) is 4.79 Å². The fraction of sp³-hybridized carbons (Fsp3) is 0.588. The number of hydrogen-bond donors (Lipinski definition) is 1. The molecule has 1 N–H and O–H groups in total. The minimum atomic E-state index is 0.136. The third-order valence-corrected chi connectivity index (χ3v) is 6.81. The van der Waals surface area contributed by atoms with Crippen molar-refractivity contribution in [3.05, 3.63) is 29.0 Å². The standard InChI is InChI=1S/C17H24N4OS2/c1-12-11-23-17(19-12)24-15-5-3-14(4-6-15)20-16(22)8-10-21-13(2)7-9-18-21/h7,9,11,14-15H,3-6,8,10H2,1-2H3,(H,20,22). The van der Waals surface area contributed by atoms with Crippen LogP contribution in [0, 0.1) is 13.8 Å². The Morgan fingerprint density at radius 3 is 2.79 bits per heavy atom. The van der Waals surface area contributed by atoms with Crippen molar-refractivity contribution in [2.24, 2.45) is 0 Å². The van der Waals surface area contributed by atoms with Gasteiger partial charge >= 0.3 is 0 Å². The lowest BCUT2D eigenvalue weighted by Gasteiger charge is -2.28. The summed E-state index contributed by atoms with van der Waals surface area (Å²) in [7, 11) is 0. The van der Waals surface area contributed by atoms with Crippen LogP contribution in [0.4, 0.5) is 0 Å². The lowest BCUT2D eigenvalue weighted by atomic mass is 9.95. The molecule has 3 rings (SSSR count). The summed E-state index contributed by atoms with van der Waals surface area (Å²) in [5, 5.41) is 10.1. The first-order valence-corrected chi connectivity index (χ1v) is 10.2. The van der Waals surface area contributed by atoms with Crippen molar-refractivity contribution in [2.75, 3.05) is 0 Å². The Hall–Kier alpha value is -1.34. The lowest BCUT2D eigenvalue weighted by Crippen LogP contribution is -2.38. The molecule has 0 aliphatic heterocycles. The van der Waals surface area contributed by atoms with Gasteiger partial charge in [0, 0.05) is 47.2 Å². The van der Waals surface area contributed by atoms with E-state index in [0.29, 0.717) is 24.3 Å². The van der Waals surface area contributed by atoms with Crippen LogP contribution >= 0.6 is 23.1 Å². The number of aryl methyl sites for hydroxylation is 3. The number of nitrogens with one attached hydrogen (secondary N) is 1. The number of hydrogen-bond acceptors (Lipinski definition) is 5. The van der Waals surface area contributed by atoms with Crippen LogP contribution in [-0.2, 0) is 11.3 Å². The number of aromatic nitrogens is 3. The smallest absolute Gasteiger partial charge is 0.222 e. The zero-order chi connectivity index (χ0) is 16.9. The van der Waals surface area contributed by atoms with E-state index in [1.807, 2.05) is 36.4 Å². The lowest BCUT2D eigenvalue weighted by molar-refractivity contribution is -0.122. The van der Waals surface area contributed by atoms with E-state index in [1.54, 1.807) is 17.5 Å². The van der Waals surface area contributed by atoms with E-state index in [0.717, 1.165) is 37.1 Å². The van der Waals surface area contributed by atoms with Gasteiger partial charge < -0.3 is 5.32 Å². The van der Waals surface area contributed by atoms with Crippen LogP contribution in [-0.4, -0.2) is 32.0 Å². The number of carbonyl (C=O) groups excluding carboxylic acids is 1. The Morgan fingerprint density at radius 2 is 2.17 bits per heavy atom. The van der Waals surface area contributed by atoms with E-state index in [-0.39, 0.29) is 5.91 Å². The van der Waals surface area contributed by atoms with Crippen LogP contribution in [0.3, 0.4) is 0 Å². The molecule has 2 aromatic rings. The fourth-order valence-electron chi connectivity index (χ4n) is 2.99. The topological polar surface area (TPSA) is 59.8 Å². The monoisotopic (exact) mass is 364 g/mol. The predicted octanol–water partition coefficient (Wildman–Crippen LogP) is 3.57. The molecule has 1 fully saturated rings. The molecule has 5 nitrogen and oxygen atoms in total. The highest BCUT2D eigenvalue weighted by atomic mass is 32.2. The molecule has 24 heavy (non-hydrogen) atoms. The molecule has 0 spiro atoms. The van der Waals surface area contributed by atoms with Crippen LogP contribution in [0.15, 0.2) is 22.0 Å². The van der Waals surface area contributed by atoms with Gasteiger partial charge in [-0.3, -0.25) is 9.48 Å². The van der Waals surface area contributed by atoms with E-state index < -0.39 is 0 Å². The van der Waals surface area contributed by atoms with Crippen LogP contribution in [0.2, 0.25) is 0 Å². The van der Waals surface area contributed by atoms with E-state index in [4.69, 9.17) is 0 Å². The van der Waals surface area contributed by atoms with Crippen LogP contribution in [0.25, 0.3) is 0 Å². The van der Waals surface area contributed by atoms with Crippen molar-refractivity contribution in [1.29, 1.82) is 0 Å². The first-order chi connectivity index (χ1) is 11.6. The van der Waals surface area contributed by atoms with Gasteiger partial charge in [-0.15, -0.1) is 11.3 Å². The molecule has 0 unspecified atom stereocenters. The molecule has 0 bridgehead atoms. The molecule has 0 saturated heterocycles. The molecule has 0 aromatic carbocycles. The molecule has 1 aliphatic carbocycles. The molecule has 7 heteroatoms. The number of thiazole rings is 1. The van der Waals surface area contributed by atoms with Gasteiger partial charge in [0.05, 0.1) is 0 Å². The van der Waals surface area contributed by atoms with Gasteiger partial charge in [-0.25, -0.2) is 4.98 Å². The maximum atomic E-state index is 12.1. The maximum Gasteiger partial charge on any atom is 0.222 e. The Labute approximate surface area is 151 Å². The molecular weight excluding hydrogens is 340 g/mol. The summed E-state index contributed by atoms with van der Waals surface area (Å²) in [6, 6.07) is 2.28. The largest absolute Gasteiger partial charge is 0.353 e. The van der Waals surface area contributed by atoms with Crippen LogP contribution in [0.1, 0.15) is 43.5 Å². The number of amides is 1. The SMILES string of the molecule is Cc1csc(SC2CCC(NC(=O)CCn3nccc3C)CC2)n1. The van der Waals surface area contributed by atoms with E-state index in [1.165, 1.54) is 4.34 Å². The highest BCUT2D eigenvalue weighted by Crippen LogP contribution is 2.35. The quantitative estimate of drug-likeness (QED) is 0.851. The molecule has 130 valence electrons. The Balaban J connectivity index is 1.37. The summed E-state index contributed by atoms with van der Waals surface area (Å²) >= 11 is 3.63. The van der Waals surface area contributed by atoms with Gasteiger partial charge in [0.15, 0.2) is 0 Å². The highest BCUT2D eigenvalue weighted by molar-refractivity contribution is 8.01. The summed E-state index contributed by atoms with van der Waals surface area (Å²) < 4.78 is 3.05. The van der Waals surface area contributed by atoms with Crippen molar-refractivity contribution in [3.63, 3.8) is 0 Å². The second-order valence-electron chi connectivity index (χ2n) is 6.36. The first-order valence-electron chi connectivity index (χ1n) is 8.46. The average molecular weight is 365 g/mol. The second-order valence-corrected chi connectivity index (χ2v) is 8.77. The van der Waals surface area contributed by atoms with E-state index >= 15 is 0 Å². The molecule has 0 radical (unpaired) electrons. The van der Waals surface area contributed by atoms with Crippen molar-refractivity contribution < 1.29 is 4.79 Å². The molecule has 2 heterocycles. The number of carbonyl (C=O) groups is 1. The summed E-state index contributed by atoms with van der Waals surface area (Å²) in [5.74, 6) is 0.136. The van der Waals surface area contributed by atoms with Gasteiger partial charge in [0.1, 0.15) is 4.34 Å². The minimum absolute atomic E-state index is 0.136. The van der Waals surface area contributed by atoms with Crippen molar-refractivity contribution in [3.8, 4) is 0 Å². The van der Waals surface area contributed by atoms with E-state index in [2.05, 4.69) is 20.8 Å². The Kier molecular flexibility index (Phi) is 5.94. The summed E-state index contributed by atoms with van der Waals surface area (Å²) in [6.45, 7) is 4.70. The third-order valence-electron chi connectivity index (χ3n) is 4.38. The van der Waals surface area contributed by atoms with Crippen molar-refractivity contribution >= 4 is 29.0 Å². The van der Waals surface area contributed by atoms with Gasteiger partial charge in [-0.2, -0.15) is 5.10 Å². The summed E-state index contributed by atoms with van der Waals surface area (Å²) in [6.07, 6.45) is 6.69. The summed E-state index contributed by atoms with van der Waals surface area (Å²) in [5.41, 5.74) is 2.20. The van der Waals surface area contributed by atoms with Gasteiger partial charge in [0.25, 0.3) is 0 Å². The Morgan fingerprint density at radius 1 is 1.38 bits per heavy atom. The maximum absolute atomic E-state index is 12.1. The Bertz CT molecular complexity index is 674. The first kappa shape index (κ1) is 17.5. The molecule has 1 amide bonds. The van der Waals surface area contributed by atoms with Crippen molar-refractivity contribution in [1.82, 2.24) is 20.1 Å². The molecule has 0 atom stereocenters. The van der Waals surface area contributed by atoms with Gasteiger partial charge in [-0.05, 0) is 45.6 Å². The van der Waals surface area contributed by atoms with Crippen LogP contribution < -0.4 is 5.32 Å². The van der Waals surface area contributed by atoms with Gasteiger partial charge in [0.2, 0.25) is 5.91 Å². The zero-order valence-electron chi connectivity index (χ0n) is 14.2. The fourth-order valence-corrected chi connectivity index (χ4v) is 5.28. The number of thioether (sulfide) groups is 1. The summed E-state index contributed by atoms with van der Waals surface area (Å²) in [4.78, 5) is 16.7. The molecular formula is C17H24N4OS2. The third kappa shape index (κ3) is 4.83. The normalized spacial score (nSPS) is 20.9. The minimum Gasteiger partial charge on any atom is -0.353 e. The predicted molar refractivity (Wildman–Crippen MR) is 98.5 cm³/mol. The molecule has 1 saturated carbocycles. The second kappa shape index (κ2) is 8.16. The highest BCUT2D eigenvalue weighted by Gasteiger charge is 2.23. The average Bonchev–Trinajstić information content (AvgIpc) is 3.15. The number of nitrogens with zero attached hydrogens (tertiary/aromatic N) is 3. The van der Waals surface area contributed by atoms with Crippen molar-refractivity contribution in [2.45, 2.75) is 68.1 Å². The van der Waals surface area contributed by atoms with Crippen LogP contribution in [0.5, 0.6) is 0 Å². The molecule has 1 aliphatic rings. The molecule has 2 aromatic heterocycles. The van der Waals surface area contributed by atoms with Gasteiger partial charge in [-0.1, -0.05) is 11.8 Å². The number of rotatable bonds is 6. The zero-order valence-corrected chi connectivity index (χ0v) is 15.8.